The number of nitrogens with zero attached hydrogens (tertiary/aromatic N) is 4. The van der Waals surface area contributed by atoms with E-state index in [0.29, 0.717) is 18.7 Å². The molecule has 0 unspecified atom stereocenters. The number of hydrogen-bond acceptors (Lipinski definition) is 6. The molecule has 3 aromatic rings. The topological polar surface area (TPSA) is 111 Å². The highest BCUT2D eigenvalue weighted by atomic mass is 19.1. The summed E-state index contributed by atoms with van der Waals surface area (Å²) in [4.78, 5) is 16.6. The van der Waals surface area contributed by atoms with Crippen LogP contribution in [-0.4, -0.2) is 27.3 Å². The Hall–Kier alpha value is -3.54. The predicted octanol–water partition coefficient (Wildman–Crippen LogP) is 2.25. The Kier molecular flexibility index (Phi) is 4.39. The van der Waals surface area contributed by atoms with Gasteiger partial charge in [-0.05, 0) is 13.3 Å². The highest BCUT2D eigenvalue weighted by Gasteiger charge is 2.29. The number of nitrogens with two attached hydrogens (primary N) is 1. The van der Waals surface area contributed by atoms with Crippen molar-refractivity contribution in [1.82, 2.24) is 14.1 Å². The van der Waals surface area contributed by atoms with Gasteiger partial charge < -0.3 is 24.9 Å². The van der Waals surface area contributed by atoms with E-state index in [4.69, 9.17) is 10.5 Å². The number of imidazole rings is 1. The van der Waals surface area contributed by atoms with Crippen LogP contribution in [0.5, 0.6) is 5.75 Å². The molecule has 0 radical (unpaired) electrons. The molecule has 4 rings (SSSR count). The van der Waals surface area contributed by atoms with Gasteiger partial charge in [-0.3, -0.25) is 4.79 Å². The summed E-state index contributed by atoms with van der Waals surface area (Å²) in [5.74, 6) is -0.484. The molecule has 0 spiro atoms. The van der Waals surface area contributed by atoms with Crippen molar-refractivity contribution in [2.75, 3.05) is 24.2 Å². The Morgan fingerprint density at radius 3 is 3.07 bits per heavy atom. The van der Waals surface area contributed by atoms with Crippen LogP contribution < -0.4 is 21.2 Å². The smallest absolute Gasteiger partial charge is 0.209 e. The summed E-state index contributed by atoms with van der Waals surface area (Å²) in [5, 5.41) is 12.3. The average molecular weight is 382 g/mol. The first-order valence-corrected chi connectivity index (χ1v) is 8.95. The van der Waals surface area contributed by atoms with Gasteiger partial charge in [-0.1, -0.05) is 0 Å². The Morgan fingerprint density at radius 1 is 1.54 bits per heavy atom. The SMILES string of the molecule is C[C@H]1COc2c(NCCCn3ccnc3)c(F)c(N)c3c(=O)c(C#N)cn1c23. The summed E-state index contributed by atoms with van der Waals surface area (Å²) in [6.45, 7) is 3.39. The number of benzene rings is 1. The molecule has 1 aliphatic rings. The zero-order chi connectivity index (χ0) is 19.8. The van der Waals surface area contributed by atoms with Gasteiger partial charge >= 0.3 is 0 Å². The number of anilines is 2. The van der Waals surface area contributed by atoms with Crippen LogP contribution in [0, 0.1) is 17.1 Å². The summed E-state index contributed by atoms with van der Waals surface area (Å²) in [6, 6.07) is 1.74. The summed E-state index contributed by atoms with van der Waals surface area (Å²) < 4.78 is 24.5. The van der Waals surface area contributed by atoms with E-state index in [9.17, 15) is 10.1 Å². The van der Waals surface area contributed by atoms with Crippen LogP contribution in [0.1, 0.15) is 24.9 Å². The molecule has 0 fully saturated rings. The Bertz CT molecular complexity index is 1150. The number of nitrogens with one attached hydrogen (secondary N) is 1. The lowest BCUT2D eigenvalue weighted by Crippen LogP contribution is -2.26. The van der Waals surface area contributed by atoms with Gasteiger partial charge in [0, 0.05) is 31.7 Å². The van der Waals surface area contributed by atoms with E-state index in [1.165, 1.54) is 6.20 Å². The maximum Gasteiger partial charge on any atom is 0.209 e. The standard InChI is InChI=1S/C19H19FN6O2/c1-11-9-28-19-16(24-3-2-5-25-6-4-23-10-25)14(20)15(22)13-17(19)26(11)8-12(7-21)18(13)27/h4,6,8,10-11,24H,2-3,5,9,22H2,1H3/t11-/m0/s1. The highest BCUT2D eigenvalue weighted by molar-refractivity contribution is 6.00. The zero-order valence-electron chi connectivity index (χ0n) is 15.3. The van der Waals surface area contributed by atoms with Gasteiger partial charge in [0.15, 0.2) is 11.6 Å². The van der Waals surface area contributed by atoms with Gasteiger partial charge in [0.05, 0.1) is 29.0 Å². The van der Waals surface area contributed by atoms with Crippen molar-refractivity contribution >= 4 is 22.3 Å². The molecule has 0 amide bonds. The van der Waals surface area contributed by atoms with E-state index < -0.39 is 11.2 Å². The minimum Gasteiger partial charge on any atom is -0.487 e. The molecule has 2 aromatic heterocycles. The number of halogens is 1. The second-order valence-corrected chi connectivity index (χ2v) is 6.79. The first kappa shape index (κ1) is 17.9. The Labute approximate surface area is 160 Å². The number of aryl methyl sites for hydroxylation is 1. The number of nitrogen functional groups attached to an aromatic ring is 1. The zero-order valence-corrected chi connectivity index (χ0v) is 15.3. The summed E-state index contributed by atoms with van der Waals surface area (Å²) in [5.41, 5.74) is 5.60. The lowest BCUT2D eigenvalue weighted by molar-refractivity contribution is 0.247. The molecule has 8 nitrogen and oxygen atoms in total. The van der Waals surface area contributed by atoms with E-state index in [0.717, 1.165) is 13.0 Å². The molecule has 3 N–H and O–H groups in total. The van der Waals surface area contributed by atoms with Crippen LogP contribution in [0.2, 0.25) is 0 Å². The van der Waals surface area contributed by atoms with Crippen molar-refractivity contribution in [1.29, 1.82) is 5.26 Å². The fourth-order valence-corrected chi connectivity index (χ4v) is 3.48. The summed E-state index contributed by atoms with van der Waals surface area (Å²) >= 11 is 0. The lowest BCUT2D eigenvalue weighted by Gasteiger charge is -2.29. The highest BCUT2D eigenvalue weighted by Crippen LogP contribution is 2.43. The van der Waals surface area contributed by atoms with Crippen LogP contribution in [0.15, 0.2) is 29.7 Å². The van der Waals surface area contributed by atoms with E-state index in [2.05, 4.69) is 10.3 Å². The molecule has 28 heavy (non-hydrogen) atoms. The third kappa shape index (κ3) is 2.74. The Balaban J connectivity index is 1.77. The molecule has 144 valence electrons. The molecule has 0 saturated carbocycles. The third-order valence-corrected chi connectivity index (χ3v) is 4.92. The van der Waals surface area contributed by atoms with Crippen LogP contribution in [0.25, 0.3) is 10.9 Å². The Morgan fingerprint density at radius 2 is 2.36 bits per heavy atom. The molecule has 9 heteroatoms. The number of rotatable bonds is 5. The number of nitriles is 1. The van der Waals surface area contributed by atoms with Crippen molar-refractivity contribution in [3.8, 4) is 11.8 Å². The molecule has 0 bridgehead atoms. The van der Waals surface area contributed by atoms with Crippen molar-refractivity contribution in [3.05, 3.63) is 46.5 Å². The third-order valence-electron chi connectivity index (χ3n) is 4.92. The van der Waals surface area contributed by atoms with Crippen molar-refractivity contribution in [3.63, 3.8) is 0 Å². The number of ether oxygens (including phenoxy) is 1. The summed E-state index contributed by atoms with van der Waals surface area (Å²) in [7, 11) is 0. The minimum atomic E-state index is -0.738. The van der Waals surface area contributed by atoms with Crippen molar-refractivity contribution in [2.45, 2.75) is 25.9 Å². The van der Waals surface area contributed by atoms with Gasteiger partial charge in [0.2, 0.25) is 5.43 Å². The number of hydrogen-bond donors (Lipinski definition) is 2. The fourth-order valence-electron chi connectivity index (χ4n) is 3.48. The van der Waals surface area contributed by atoms with E-state index in [-0.39, 0.29) is 34.1 Å². The quantitative estimate of drug-likeness (QED) is 0.517. The molecular formula is C19H19FN6O2. The van der Waals surface area contributed by atoms with Gasteiger partial charge in [-0.2, -0.15) is 5.26 Å². The molecule has 3 heterocycles. The van der Waals surface area contributed by atoms with E-state index >= 15 is 4.39 Å². The van der Waals surface area contributed by atoms with Gasteiger partial charge in [0.1, 0.15) is 23.9 Å². The van der Waals surface area contributed by atoms with Gasteiger partial charge in [-0.25, -0.2) is 9.37 Å². The van der Waals surface area contributed by atoms with Crippen molar-refractivity contribution in [2.24, 2.45) is 0 Å². The lowest BCUT2D eigenvalue weighted by atomic mass is 10.0. The first-order chi connectivity index (χ1) is 13.5. The number of pyridine rings is 1. The molecular weight excluding hydrogens is 363 g/mol. The van der Waals surface area contributed by atoms with E-state index in [1.54, 1.807) is 17.1 Å². The molecule has 1 atom stereocenters. The molecule has 0 saturated heterocycles. The maximum absolute atomic E-state index is 15.0. The largest absolute Gasteiger partial charge is 0.487 e. The van der Waals surface area contributed by atoms with Crippen LogP contribution in [0.4, 0.5) is 15.8 Å². The maximum atomic E-state index is 15.0. The molecule has 1 aliphatic heterocycles. The first-order valence-electron chi connectivity index (χ1n) is 8.95. The predicted molar refractivity (Wildman–Crippen MR) is 103 cm³/mol. The van der Waals surface area contributed by atoms with Gasteiger partial charge in [-0.15, -0.1) is 0 Å². The average Bonchev–Trinajstić information content (AvgIpc) is 3.20. The minimum absolute atomic E-state index is 0.0120. The summed E-state index contributed by atoms with van der Waals surface area (Å²) in [6.07, 6.45) is 7.49. The fraction of sp³-hybridized carbons (Fsp3) is 0.316. The second-order valence-electron chi connectivity index (χ2n) is 6.79. The monoisotopic (exact) mass is 382 g/mol. The normalized spacial score (nSPS) is 15.2. The van der Waals surface area contributed by atoms with Crippen molar-refractivity contribution < 1.29 is 9.13 Å². The number of aromatic nitrogens is 3. The van der Waals surface area contributed by atoms with Gasteiger partial charge in [0.25, 0.3) is 0 Å². The van der Waals surface area contributed by atoms with E-state index in [1.807, 2.05) is 23.8 Å². The van der Waals surface area contributed by atoms with Crippen LogP contribution in [-0.2, 0) is 6.54 Å². The second kappa shape index (κ2) is 6.88. The van der Waals surface area contributed by atoms with Crippen LogP contribution in [0.3, 0.4) is 0 Å². The molecule has 1 aromatic carbocycles. The van der Waals surface area contributed by atoms with Crippen LogP contribution >= 0.6 is 0 Å². The molecule has 0 aliphatic carbocycles.